The summed E-state index contributed by atoms with van der Waals surface area (Å²) in [5, 5.41) is 7.58. The van der Waals surface area contributed by atoms with Gasteiger partial charge in [-0.1, -0.05) is 164 Å². The van der Waals surface area contributed by atoms with Gasteiger partial charge in [-0.15, -0.1) is 0 Å². The average molecular weight is 802 g/mol. The van der Waals surface area contributed by atoms with Crippen molar-refractivity contribution in [3.63, 3.8) is 0 Å². The predicted molar refractivity (Wildman–Crippen MR) is 266 cm³/mol. The van der Waals surface area contributed by atoms with Crippen molar-refractivity contribution in [3.8, 4) is 50.4 Å². The molecule has 0 atom stereocenters. The third-order valence-corrected chi connectivity index (χ3v) is 13.1. The summed E-state index contributed by atoms with van der Waals surface area (Å²) in [7, 11) is 0. The van der Waals surface area contributed by atoms with Crippen LogP contribution in [0.2, 0.25) is 0 Å². The first-order chi connectivity index (χ1) is 31.3. The maximum absolute atomic E-state index is 2.42. The summed E-state index contributed by atoms with van der Waals surface area (Å²) < 4.78 is 7.19. The van der Waals surface area contributed by atoms with Gasteiger partial charge in [0.25, 0.3) is 0 Å². The van der Waals surface area contributed by atoms with Gasteiger partial charge in [0.2, 0.25) is 0 Å². The molecule has 0 fully saturated rings. The van der Waals surface area contributed by atoms with Crippen LogP contribution in [0.5, 0.6) is 0 Å². The first kappa shape index (κ1) is 35.4. The lowest BCUT2D eigenvalue weighted by Gasteiger charge is -2.11. The minimum absolute atomic E-state index is 1.14. The zero-order chi connectivity index (χ0) is 41.4. The lowest BCUT2D eigenvalue weighted by Crippen LogP contribution is -1.94. The van der Waals surface area contributed by atoms with Gasteiger partial charge in [-0.05, 0) is 106 Å². The van der Waals surface area contributed by atoms with Crippen molar-refractivity contribution in [1.82, 2.24) is 13.7 Å². The van der Waals surface area contributed by atoms with E-state index in [1.807, 2.05) is 0 Å². The molecule has 0 saturated carbocycles. The zero-order valence-electron chi connectivity index (χ0n) is 34.4. The van der Waals surface area contributed by atoms with E-state index in [0.717, 1.165) is 17.1 Å². The molecular formula is C60H39N3. The van der Waals surface area contributed by atoms with Gasteiger partial charge in [0.1, 0.15) is 0 Å². The van der Waals surface area contributed by atoms with Gasteiger partial charge in [0.15, 0.2) is 0 Å². The van der Waals surface area contributed by atoms with Gasteiger partial charge < -0.3 is 13.7 Å². The zero-order valence-corrected chi connectivity index (χ0v) is 34.4. The molecule has 63 heavy (non-hydrogen) atoms. The molecule has 3 nitrogen and oxygen atoms in total. The van der Waals surface area contributed by atoms with Gasteiger partial charge in [-0.25, -0.2) is 0 Å². The Kier molecular flexibility index (Phi) is 7.91. The van der Waals surface area contributed by atoms with E-state index >= 15 is 0 Å². The Balaban J connectivity index is 0.841. The fourth-order valence-corrected chi connectivity index (χ4v) is 10.2. The summed E-state index contributed by atoms with van der Waals surface area (Å²) in [5.74, 6) is 0. The number of rotatable bonds is 6. The van der Waals surface area contributed by atoms with Crippen molar-refractivity contribution >= 4 is 65.4 Å². The highest BCUT2D eigenvalue weighted by Crippen LogP contribution is 2.41. The minimum atomic E-state index is 1.14. The molecule has 0 spiro atoms. The molecule has 0 bridgehead atoms. The van der Waals surface area contributed by atoms with E-state index in [2.05, 4.69) is 250 Å². The molecule has 13 aromatic rings. The van der Waals surface area contributed by atoms with Crippen molar-refractivity contribution in [2.75, 3.05) is 0 Å². The second-order valence-corrected chi connectivity index (χ2v) is 16.5. The lowest BCUT2D eigenvalue weighted by molar-refractivity contribution is 1.18. The maximum atomic E-state index is 2.42. The number of fused-ring (bicyclic) bond motifs is 9. The second kappa shape index (κ2) is 14.1. The second-order valence-electron chi connectivity index (χ2n) is 16.5. The highest BCUT2D eigenvalue weighted by molar-refractivity contribution is 6.17. The molecule has 3 heteroatoms. The van der Waals surface area contributed by atoms with Gasteiger partial charge in [-0.3, -0.25) is 0 Å². The SMILES string of the molecule is c1ccc(-n2c3ccccc3c3ccc(-c4cccc5c4c4ccccc4n5-c4ccc(-c5ccc(-c6ccc(-n7c8ccccc8c8ccccc87)cc6)cc5)cc4)cc32)cc1. The molecule has 0 aliphatic heterocycles. The van der Waals surface area contributed by atoms with Crippen LogP contribution in [-0.4, -0.2) is 13.7 Å². The van der Waals surface area contributed by atoms with E-state index < -0.39 is 0 Å². The fraction of sp³-hybridized carbons (Fsp3) is 0. The number of nitrogens with zero attached hydrogens (tertiary/aromatic N) is 3. The number of para-hydroxylation sites is 5. The van der Waals surface area contributed by atoms with Crippen molar-refractivity contribution in [2.24, 2.45) is 0 Å². The van der Waals surface area contributed by atoms with Crippen LogP contribution in [0.1, 0.15) is 0 Å². The Morgan fingerprint density at radius 2 is 0.556 bits per heavy atom. The smallest absolute Gasteiger partial charge is 0.0547 e. The Morgan fingerprint density at radius 1 is 0.206 bits per heavy atom. The maximum Gasteiger partial charge on any atom is 0.0547 e. The molecule has 3 heterocycles. The monoisotopic (exact) mass is 801 g/mol. The Labute approximate surface area is 364 Å². The van der Waals surface area contributed by atoms with E-state index in [-0.39, 0.29) is 0 Å². The Hall–Kier alpha value is -8.40. The Morgan fingerprint density at radius 3 is 1.08 bits per heavy atom. The molecule has 0 amide bonds. The number of benzene rings is 10. The van der Waals surface area contributed by atoms with Crippen molar-refractivity contribution in [3.05, 3.63) is 237 Å². The summed E-state index contributed by atoms with van der Waals surface area (Å²) in [6.45, 7) is 0. The van der Waals surface area contributed by atoms with Crippen LogP contribution in [0.4, 0.5) is 0 Å². The third-order valence-electron chi connectivity index (χ3n) is 13.1. The normalized spacial score (nSPS) is 11.8. The van der Waals surface area contributed by atoms with Gasteiger partial charge >= 0.3 is 0 Å². The molecule has 294 valence electrons. The topological polar surface area (TPSA) is 14.8 Å². The molecular weight excluding hydrogens is 763 g/mol. The molecule has 0 N–H and O–H groups in total. The van der Waals surface area contributed by atoms with Crippen LogP contribution in [0.15, 0.2) is 237 Å². The van der Waals surface area contributed by atoms with Crippen LogP contribution in [-0.2, 0) is 0 Å². The standard InChI is InChI=1S/C60H39N3/c1-2-13-45(14-3-1)63-56-22-10-6-17-51(56)52-38-33-44(39-59(52)63)48-19-12-24-58-60(48)53-18-7-11-23-57(53)62(58)47-36-31-43(32-37-47)41-27-25-40(26-28-41)42-29-34-46(35-30-42)61-54-20-8-4-15-49(54)50-16-5-9-21-55(50)61/h1-39H. The van der Waals surface area contributed by atoms with E-state index in [4.69, 9.17) is 0 Å². The number of aromatic nitrogens is 3. The summed E-state index contributed by atoms with van der Waals surface area (Å²) in [4.78, 5) is 0. The van der Waals surface area contributed by atoms with Gasteiger partial charge in [-0.2, -0.15) is 0 Å². The van der Waals surface area contributed by atoms with E-state index in [0.29, 0.717) is 0 Å². The molecule has 0 aliphatic rings. The summed E-state index contributed by atoms with van der Waals surface area (Å²) in [6.07, 6.45) is 0. The van der Waals surface area contributed by atoms with Crippen LogP contribution in [0, 0.1) is 0 Å². The lowest BCUT2D eigenvalue weighted by atomic mass is 9.98. The van der Waals surface area contributed by atoms with E-state index in [1.54, 1.807) is 0 Å². The van der Waals surface area contributed by atoms with Crippen LogP contribution in [0.25, 0.3) is 116 Å². The molecule has 0 unspecified atom stereocenters. The van der Waals surface area contributed by atoms with Crippen molar-refractivity contribution < 1.29 is 0 Å². The van der Waals surface area contributed by atoms with Crippen molar-refractivity contribution in [1.29, 1.82) is 0 Å². The minimum Gasteiger partial charge on any atom is -0.309 e. The molecule has 0 saturated heterocycles. The van der Waals surface area contributed by atoms with Gasteiger partial charge in [0, 0.05) is 49.4 Å². The van der Waals surface area contributed by atoms with E-state index in [9.17, 15) is 0 Å². The fourth-order valence-electron chi connectivity index (χ4n) is 10.2. The van der Waals surface area contributed by atoms with Crippen LogP contribution >= 0.6 is 0 Å². The molecule has 3 aromatic heterocycles. The highest BCUT2D eigenvalue weighted by Gasteiger charge is 2.19. The van der Waals surface area contributed by atoms with Crippen LogP contribution < -0.4 is 0 Å². The molecule has 0 radical (unpaired) electrons. The third kappa shape index (κ3) is 5.53. The number of hydrogen-bond donors (Lipinski definition) is 0. The largest absolute Gasteiger partial charge is 0.309 e. The molecule has 13 rings (SSSR count). The van der Waals surface area contributed by atoms with E-state index in [1.165, 1.54) is 98.8 Å². The summed E-state index contributed by atoms with van der Waals surface area (Å²) in [6, 6.07) is 86.3. The number of hydrogen-bond acceptors (Lipinski definition) is 0. The molecule has 10 aromatic carbocycles. The highest BCUT2D eigenvalue weighted by atomic mass is 15.0. The summed E-state index contributed by atoms with van der Waals surface area (Å²) >= 11 is 0. The summed E-state index contributed by atoms with van der Waals surface area (Å²) in [5.41, 5.74) is 17.9. The van der Waals surface area contributed by atoms with Gasteiger partial charge in [0.05, 0.1) is 33.1 Å². The predicted octanol–water partition coefficient (Wildman–Crippen LogP) is 16.0. The quantitative estimate of drug-likeness (QED) is 0.159. The van der Waals surface area contributed by atoms with Crippen LogP contribution in [0.3, 0.4) is 0 Å². The first-order valence-corrected chi connectivity index (χ1v) is 21.7. The van der Waals surface area contributed by atoms with Crippen molar-refractivity contribution in [2.45, 2.75) is 0 Å². The average Bonchev–Trinajstić information content (AvgIpc) is 4.00. The Bertz CT molecular complexity index is 3810. The molecule has 0 aliphatic carbocycles. The first-order valence-electron chi connectivity index (χ1n) is 21.7.